The number of rotatable bonds is 5. The first-order chi connectivity index (χ1) is 10.1. The summed E-state index contributed by atoms with van der Waals surface area (Å²) in [6.45, 7) is 1.16. The first-order valence-corrected chi connectivity index (χ1v) is 6.76. The van der Waals surface area contributed by atoms with Gasteiger partial charge in [0.05, 0.1) is 11.8 Å². The zero-order chi connectivity index (χ0) is 15.2. The Kier molecular flexibility index (Phi) is 5.10. The van der Waals surface area contributed by atoms with Crippen LogP contribution in [0.25, 0.3) is 0 Å². The standard InChI is InChI=1S/C14H17FN2O4/c15-10-4-1-5-11(12(10)13(18)19)17-14(20)16-7-6-9-3-2-8-21-9/h1,4-5,9H,2-3,6-8H2,(H,18,19)(H2,16,17,20). The number of anilines is 1. The lowest BCUT2D eigenvalue weighted by Crippen LogP contribution is -2.31. The van der Waals surface area contributed by atoms with Crippen molar-refractivity contribution >= 4 is 17.7 Å². The monoisotopic (exact) mass is 296 g/mol. The van der Waals surface area contributed by atoms with Gasteiger partial charge in [-0.3, -0.25) is 0 Å². The summed E-state index contributed by atoms with van der Waals surface area (Å²) < 4.78 is 18.9. The molecule has 2 rings (SSSR count). The molecule has 0 radical (unpaired) electrons. The Morgan fingerprint density at radius 3 is 2.90 bits per heavy atom. The lowest BCUT2D eigenvalue weighted by atomic mass is 10.1. The second kappa shape index (κ2) is 7.03. The van der Waals surface area contributed by atoms with Crippen LogP contribution in [0.15, 0.2) is 18.2 Å². The van der Waals surface area contributed by atoms with Gasteiger partial charge in [0.1, 0.15) is 11.4 Å². The number of benzene rings is 1. The molecule has 2 amide bonds. The van der Waals surface area contributed by atoms with Crippen LogP contribution < -0.4 is 10.6 Å². The highest BCUT2D eigenvalue weighted by Crippen LogP contribution is 2.19. The summed E-state index contributed by atoms with van der Waals surface area (Å²) in [7, 11) is 0. The van der Waals surface area contributed by atoms with Gasteiger partial charge >= 0.3 is 12.0 Å². The molecule has 1 aromatic rings. The highest BCUT2D eigenvalue weighted by Gasteiger charge is 2.18. The van der Waals surface area contributed by atoms with Gasteiger partial charge in [0.2, 0.25) is 0 Å². The van der Waals surface area contributed by atoms with Crippen LogP contribution in [0.5, 0.6) is 0 Å². The van der Waals surface area contributed by atoms with Gasteiger partial charge in [-0.1, -0.05) is 6.07 Å². The van der Waals surface area contributed by atoms with Crippen LogP contribution in [0.3, 0.4) is 0 Å². The Morgan fingerprint density at radius 1 is 1.43 bits per heavy atom. The second-order valence-corrected chi connectivity index (χ2v) is 4.77. The minimum atomic E-state index is -1.43. The Morgan fingerprint density at radius 2 is 2.24 bits per heavy atom. The van der Waals surface area contributed by atoms with Gasteiger partial charge in [-0.05, 0) is 31.4 Å². The van der Waals surface area contributed by atoms with Crippen molar-refractivity contribution in [1.29, 1.82) is 0 Å². The molecule has 7 heteroatoms. The third-order valence-corrected chi connectivity index (χ3v) is 3.25. The normalized spacial score (nSPS) is 17.5. The van der Waals surface area contributed by atoms with Gasteiger partial charge in [-0.15, -0.1) is 0 Å². The average Bonchev–Trinajstić information content (AvgIpc) is 2.91. The molecule has 114 valence electrons. The van der Waals surface area contributed by atoms with Crippen molar-refractivity contribution in [3.8, 4) is 0 Å². The molecule has 21 heavy (non-hydrogen) atoms. The van der Waals surface area contributed by atoms with Crippen molar-refractivity contribution in [2.45, 2.75) is 25.4 Å². The molecule has 0 aliphatic carbocycles. The van der Waals surface area contributed by atoms with E-state index in [4.69, 9.17) is 9.84 Å². The van der Waals surface area contributed by atoms with Crippen molar-refractivity contribution in [2.75, 3.05) is 18.5 Å². The number of hydrogen-bond donors (Lipinski definition) is 3. The average molecular weight is 296 g/mol. The molecule has 0 saturated carbocycles. The third-order valence-electron chi connectivity index (χ3n) is 3.25. The van der Waals surface area contributed by atoms with Crippen LogP contribution in [0, 0.1) is 5.82 Å². The van der Waals surface area contributed by atoms with Gasteiger partial charge in [0.15, 0.2) is 0 Å². The summed E-state index contributed by atoms with van der Waals surface area (Å²) in [5, 5.41) is 13.9. The Hall–Kier alpha value is -2.15. The first kappa shape index (κ1) is 15.2. The van der Waals surface area contributed by atoms with E-state index >= 15 is 0 Å². The van der Waals surface area contributed by atoms with Gasteiger partial charge < -0.3 is 20.5 Å². The number of carboxylic acids is 1. The largest absolute Gasteiger partial charge is 0.478 e. The van der Waals surface area contributed by atoms with Crippen molar-refractivity contribution in [3.05, 3.63) is 29.6 Å². The van der Waals surface area contributed by atoms with Gasteiger partial charge in [-0.2, -0.15) is 0 Å². The quantitative estimate of drug-likeness (QED) is 0.777. The fraction of sp³-hybridized carbons (Fsp3) is 0.429. The topological polar surface area (TPSA) is 87.7 Å². The third kappa shape index (κ3) is 4.16. The first-order valence-electron chi connectivity index (χ1n) is 6.76. The van der Waals surface area contributed by atoms with Crippen LogP contribution in [-0.4, -0.2) is 36.4 Å². The summed E-state index contributed by atoms with van der Waals surface area (Å²) in [6.07, 6.45) is 2.87. The number of carbonyl (C=O) groups excluding carboxylic acids is 1. The number of nitrogens with one attached hydrogen (secondary N) is 2. The van der Waals surface area contributed by atoms with Gasteiger partial charge in [-0.25, -0.2) is 14.0 Å². The number of urea groups is 1. The van der Waals surface area contributed by atoms with E-state index in [2.05, 4.69) is 10.6 Å². The Balaban J connectivity index is 1.87. The van der Waals surface area contributed by atoms with E-state index in [9.17, 15) is 14.0 Å². The molecule has 1 aromatic carbocycles. The number of halogens is 1. The second-order valence-electron chi connectivity index (χ2n) is 4.77. The molecule has 1 aliphatic rings. The molecule has 3 N–H and O–H groups in total. The molecule has 1 atom stereocenters. The van der Waals surface area contributed by atoms with E-state index in [1.54, 1.807) is 0 Å². The van der Waals surface area contributed by atoms with Crippen molar-refractivity contribution in [3.63, 3.8) is 0 Å². The van der Waals surface area contributed by atoms with Crippen LogP contribution in [0.1, 0.15) is 29.6 Å². The number of aromatic carboxylic acids is 1. The highest BCUT2D eigenvalue weighted by molar-refractivity contribution is 6.00. The van der Waals surface area contributed by atoms with E-state index in [1.165, 1.54) is 12.1 Å². The van der Waals surface area contributed by atoms with Crippen LogP contribution >= 0.6 is 0 Å². The molecule has 1 fully saturated rings. The molecule has 1 heterocycles. The Bertz CT molecular complexity index is 530. The molecule has 0 bridgehead atoms. The van der Waals surface area contributed by atoms with Crippen LogP contribution in [0.4, 0.5) is 14.9 Å². The number of ether oxygens (including phenoxy) is 1. The lowest BCUT2D eigenvalue weighted by Gasteiger charge is -2.12. The predicted molar refractivity (Wildman–Crippen MR) is 74.0 cm³/mol. The number of carboxylic acid groups (broad SMARTS) is 1. The number of hydrogen-bond acceptors (Lipinski definition) is 3. The van der Waals surface area contributed by atoms with Crippen molar-refractivity contribution in [2.24, 2.45) is 0 Å². The van der Waals surface area contributed by atoms with Gasteiger partial charge in [0, 0.05) is 13.2 Å². The number of amides is 2. The highest BCUT2D eigenvalue weighted by atomic mass is 19.1. The maximum atomic E-state index is 13.4. The SMILES string of the molecule is O=C(NCCC1CCCO1)Nc1cccc(F)c1C(=O)O. The zero-order valence-electron chi connectivity index (χ0n) is 11.4. The molecular weight excluding hydrogens is 279 g/mol. The van der Waals surface area contributed by atoms with E-state index in [-0.39, 0.29) is 11.8 Å². The molecule has 1 unspecified atom stereocenters. The maximum absolute atomic E-state index is 13.4. The lowest BCUT2D eigenvalue weighted by molar-refractivity contribution is 0.0693. The molecule has 0 spiro atoms. The Labute approximate surface area is 121 Å². The van der Waals surface area contributed by atoms with Crippen LogP contribution in [-0.2, 0) is 4.74 Å². The summed E-state index contributed by atoms with van der Waals surface area (Å²) in [4.78, 5) is 22.7. The van der Waals surface area contributed by atoms with Crippen LogP contribution in [0.2, 0.25) is 0 Å². The molecule has 6 nitrogen and oxygen atoms in total. The van der Waals surface area contributed by atoms with Gasteiger partial charge in [0.25, 0.3) is 0 Å². The molecular formula is C14H17FN2O4. The summed E-state index contributed by atoms with van der Waals surface area (Å²) in [5.74, 6) is -2.32. The molecule has 0 aromatic heterocycles. The minimum absolute atomic E-state index is 0.0721. The van der Waals surface area contributed by atoms with E-state index in [0.29, 0.717) is 13.0 Å². The summed E-state index contributed by atoms with van der Waals surface area (Å²) >= 11 is 0. The minimum Gasteiger partial charge on any atom is -0.478 e. The molecule has 1 aliphatic heterocycles. The van der Waals surface area contributed by atoms with E-state index in [0.717, 1.165) is 25.5 Å². The van der Waals surface area contributed by atoms with E-state index in [1.807, 2.05) is 0 Å². The smallest absolute Gasteiger partial charge is 0.340 e. The fourth-order valence-corrected chi connectivity index (χ4v) is 2.23. The summed E-state index contributed by atoms with van der Waals surface area (Å²) in [5.41, 5.74) is -0.621. The van der Waals surface area contributed by atoms with E-state index < -0.39 is 23.4 Å². The maximum Gasteiger partial charge on any atom is 0.340 e. The van der Waals surface area contributed by atoms with Crippen molar-refractivity contribution in [1.82, 2.24) is 5.32 Å². The predicted octanol–water partition coefficient (Wildman–Crippen LogP) is 2.21. The fourth-order valence-electron chi connectivity index (χ4n) is 2.23. The van der Waals surface area contributed by atoms with Crippen molar-refractivity contribution < 1.29 is 23.8 Å². The summed E-state index contributed by atoms with van der Waals surface area (Å²) in [6, 6.07) is 3.14. The zero-order valence-corrected chi connectivity index (χ0v) is 11.4. The molecule has 1 saturated heterocycles. The number of carbonyl (C=O) groups is 2.